The minimum absolute atomic E-state index is 0.140. The Bertz CT molecular complexity index is 3740. The smallest absolute Gasteiger partial charge is 0.143 e. The van der Waals surface area contributed by atoms with E-state index in [0.717, 1.165) is 55.6 Å². The third-order valence-electron chi connectivity index (χ3n) is 13.6. The topological polar surface area (TPSA) is 21.3 Å². The van der Waals surface area contributed by atoms with Crippen LogP contribution in [0.3, 0.4) is 0 Å². The van der Waals surface area contributed by atoms with Gasteiger partial charge in [0.05, 0.1) is 16.7 Å². The Morgan fingerprint density at radius 3 is 1.68 bits per heavy atom. The minimum atomic E-state index is -0.140. The fourth-order valence-corrected chi connectivity index (χ4v) is 10.7. The van der Waals surface area contributed by atoms with Crippen LogP contribution >= 0.6 is 0 Å². The van der Waals surface area contributed by atoms with Crippen molar-refractivity contribution in [1.82, 2.24) is 4.57 Å². The Hall–Kier alpha value is -7.88. The molecule has 0 bridgehead atoms. The van der Waals surface area contributed by atoms with Crippen molar-refractivity contribution in [2.75, 3.05) is 4.90 Å². The van der Waals surface area contributed by atoms with Crippen LogP contribution in [0.4, 0.5) is 17.1 Å². The second-order valence-corrected chi connectivity index (χ2v) is 17.2. The summed E-state index contributed by atoms with van der Waals surface area (Å²) in [5.74, 6) is 0. The minimum Gasteiger partial charge on any atom is -0.455 e. The van der Waals surface area contributed by atoms with Gasteiger partial charge in [-0.15, -0.1) is 0 Å². The highest BCUT2D eigenvalue weighted by Crippen LogP contribution is 2.51. The molecular formula is C59H40N2O. The average molecular weight is 793 g/mol. The lowest BCUT2D eigenvalue weighted by molar-refractivity contribution is 0.660. The number of hydrogen-bond donors (Lipinski definition) is 0. The van der Waals surface area contributed by atoms with Crippen molar-refractivity contribution in [1.29, 1.82) is 0 Å². The van der Waals surface area contributed by atoms with E-state index >= 15 is 0 Å². The van der Waals surface area contributed by atoms with Crippen LogP contribution in [0.25, 0.3) is 93.2 Å². The fourth-order valence-electron chi connectivity index (χ4n) is 10.7. The quantitative estimate of drug-likeness (QED) is 0.162. The molecule has 0 N–H and O–H groups in total. The van der Waals surface area contributed by atoms with Crippen molar-refractivity contribution >= 4 is 82.4 Å². The van der Waals surface area contributed by atoms with E-state index in [1.165, 1.54) is 65.8 Å². The zero-order valence-corrected chi connectivity index (χ0v) is 34.4. The molecule has 0 amide bonds. The predicted octanol–water partition coefficient (Wildman–Crippen LogP) is 16.4. The van der Waals surface area contributed by atoms with Crippen molar-refractivity contribution in [3.8, 4) is 27.9 Å². The summed E-state index contributed by atoms with van der Waals surface area (Å²) in [6, 6.07) is 75.4. The molecule has 0 atom stereocenters. The second-order valence-electron chi connectivity index (χ2n) is 17.2. The van der Waals surface area contributed by atoms with Gasteiger partial charge in [0.25, 0.3) is 0 Å². The lowest BCUT2D eigenvalue weighted by atomic mass is 9.82. The van der Waals surface area contributed by atoms with E-state index in [2.05, 4.69) is 230 Å². The van der Waals surface area contributed by atoms with E-state index in [9.17, 15) is 0 Å². The fraction of sp³-hybridized carbons (Fsp3) is 0.0508. The van der Waals surface area contributed by atoms with Gasteiger partial charge < -0.3 is 13.9 Å². The lowest BCUT2D eigenvalue weighted by Crippen LogP contribution is -2.16. The van der Waals surface area contributed by atoms with Crippen molar-refractivity contribution in [2.45, 2.75) is 19.3 Å². The maximum absolute atomic E-state index is 6.78. The highest BCUT2D eigenvalue weighted by molar-refractivity contribution is 6.30. The molecule has 0 unspecified atom stereocenters. The number of nitrogens with zero attached hydrogens (tertiary/aromatic N) is 2. The Morgan fingerprint density at radius 2 is 0.935 bits per heavy atom. The molecule has 292 valence electrons. The zero-order valence-electron chi connectivity index (χ0n) is 34.4. The first-order valence-corrected chi connectivity index (χ1v) is 21.5. The number of para-hydroxylation sites is 3. The summed E-state index contributed by atoms with van der Waals surface area (Å²) in [5, 5.41) is 9.55. The first-order valence-electron chi connectivity index (χ1n) is 21.5. The summed E-state index contributed by atoms with van der Waals surface area (Å²) < 4.78 is 9.20. The second kappa shape index (κ2) is 13.1. The van der Waals surface area contributed by atoms with Gasteiger partial charge in [-0.2, -0.15) is 0 Å². The van der Waals surface area contributed by atoms with Crippen LogP contribution in [0.2, 0.25) is 0 Å². The third kappa shape index (κ3) is 4.94. The molecule has 1 aliphatic carbocycles. The summed E-state index contributed by atoms with van der Waals surface area (Å²) in [6.07, 6.45) is 0. The Labute approximate surface area is 359 Å². The van der Waals surface area contributed by atoms with Gasteiger partial charge in [-0.05, 0) is 105 Å². The Balaban J connectivity index is 1.01. The van der Waals surface area contributed by atoms with Crippen LogP contribution in [0.15, 0.2) is 211 Å². The molecule has 3 nitrogen and oxygen atoms in total. The Kier molecular flexibility index (Phi) is 7.36. The molecule has 3 heteroatoms. The summed E-state index contributed by atoms with van der Waals surface area (Å²) in [4.78, 5) is 2.42. The van der Waals surface area contributed by atoms with Crippen molar-refractivity contribution < 1.29 is 4.42 Å². The SMILES string of the molecule is CC1(C)c2ccccc2-c2ccc(N(c3ccc(-c4ccccc4-n4c5ccccc5c5ccccc54)cc3)c3ccc4oc5c6ccccc6c6ccccc6c5c4c3)cc21. The first kappa shape index (κ1) is 34.9. The molecule has 0 spiro atoms. The summed E-state index contributed by atoms with van der Waals surface area (Å²) >= 11 is 0. The summed E-state index contributed by atoms with van der Waals surface area (Å²) in [5.41, 5.74) is 16.2. The van der Waals surface area contributed by atoms with E-state index in [4.69, 9.17) is 4.42 Å². The monoisotopic (exact) mass is 792 g/mol. The number of furan rings is 1. The normalized spacial score (nSPS) is 13.1. The lowest BCUT2D eigenvalue weighted by Gasteiger charge is -2.28. The highest BCUT2D eigenvalue weighted by atomic mass is 16.3. The molecule has 1 aliphatic rings. The van der Waals surface area contributed by atoms with Gasteiger partial charge in [0.2, 0.25) is 0 Å². The Morgan fingerprint density at radius 1 is 0.403 bits per heavy atom. The van der Waals surface area contributed by atoms with Crippen LogP contribution in [-0.2, 0) is 5.41 Å². The summed E-state index contributed by atoms with van der Waals surface area (Å²) in [7, 11) is 0. The largest absolute Gasteiger partial charge is 0.455 e. The van der Waals surface area contributed by atoms with Crippen LogP contribution in [-0.4, -0.2) is 4.57 Å². The molecule has 62 heavy (non-hydrogen) atoms. The number of fused-ring (bicyclic) bond motifs is 14. The van der Waals surface area contributed by atoms with E-state index in [1.807, 2.05) is 0 Å². The van der Waals surface area contributed by atoms with Crippen molar-refractivity contribution in [3.05, 3.63) is 217 Å². The van der Waals surface area contributed by atoms with E-state index in [1.54, 1.807) is 0 Å². The molecule has 10 aromatic carbocycles. The van der Waals surface area contributed by atoms with Crippen LogP contribution in [0.5, 0.6) is 0 Å². The highest BCUT2D eigenvalue weighted by Gasteiger charge is 2.36. The number of anilines is 3. The first-order chi connectivity index (χ1) is 30.5. The van der Waals surface area contributed by atoms with Gasteiger partial charge >= 0.3 is 0 Å². The molecule has 0 saturated carbocycles. The summed E-state index contributed by atoms with van der Waals surface area (Å²) in [6.45, 7) is 4.71. The van der Waals surface area contributed by atoms with Crippen molar-refractivity contribution in [3.63, 3.8) is 0 Å². The van der Waals surface area contributed by atoms with Gasteiger partial charge in [-0.3, -0.25) is 0 Å². The molecule has 12 aromatic rings. The molecule has 0 aliphatic heterocycles. The molecular weight excluding hydrogens is 753 g/mol. The third-order valence-corrected chi connectivity index (χ3v) is 13.6. The van der Waals surface area contributed by atoms with Crippen molar-refractivity contribution in [2.24, 2.45) is 0 Å². The van der Waals surface area contributed by atoms with E-state index < -0.39 is 0 Å². The van der Waals surface area contributed by atoms with Crippen LogP contribution in [0, 0.1) is 0 Å². The maximum atomic E-state index is 6.78. The standard InChI is InChI=1S/C59H40N2O/c1-59(2)51-23-11-7-18-44(51)45-33-31-40(36-52(45)59)60(39-32-34-56-50(35-39)57-48-21-5-3-16-42(48)43-17-4-6-22-49(43)58(57)62-56)38-29-27-37(28-30-38)41-15-8-12-24-53(41)61-54-25-13-9-19-46(54)47-20-10-14-26-55(47)61/h3-36H,1-2H3. The number of rotatable bonds is 5. The molecule has 0 saturated heterocycles. The molecule has 0 radical (unpaired) electrons. The average Bonchev–Trinajstić information content (AvgIpc) is 3.95. The van der Waals surface area contributed by atoms with E-state index in [-0.39, 0.29) is 5.41 Å². The van der Waals surface area contributed by atoms with Gasteiger partial charge in [0, 0.05) is 55.0 Å². The zero-order chi connectivity index (χ0) is 41.1. The van der Waals surface area contributed by atoms with Gasteiger partial charge in [0.15, 0.2) is 0 Å². The number of aromatic nitrogens is 1. The number of hydrogen-bond acceptors (Lipinski definition) is 2. The molecule has 2 aromatic heterocycles. The van der Waals surface area contributed by atoms with Gasteiger partial charge in [0.1, 0.15) is 11.2 Å². The van der Waals surface area contributed by atoms with Crippen LogP contribution in [0.1, 0.15) is 25.0 Å². The maximum Gasteiger partial charge on any atom is 0.143 e. The molecule has 0 fully saturated rings. The van der Waals surface area contributed by atoms with Gasteiger partial charge in [-0.1, -0.05) is 159 Å². The molecule has 13 rings (SSSR count). The number of benzene rings is 10. The van der Waals surface area contributed by atoms with Gasteiger partial charge in [-0.25, -0.2) is 0 Å². The molecule has 2 heterocycles. The van der Waals surface area contributed by atoms with Crippen LogP contribution < -0.4 is 4.90 Å². The van der Waals surface area contributed by atoms with E-state index in [0.29, 0.717) is 0 Å². The predicted molar refractivity (Wildman–Crippen MR) is 261 cm³/mol.